The van der Waals surface area contributed by atoms with Crippen molar-refractivity contribution in [2.45, 2.75) is 32.2 Å². The predicted octanol–water partition coefficient (Wildman–Crippen LogP) is 2.23. The van der Waals surface area contributed by atoms with Crippen molar-refractivity contribution in [2.24, 2.45) is 5.92 Å². The summed E-state index contributed by atoms with van der Waals surface area (Å²) in [6, 6.07) is 9.24. The van der Waals surface area contributed by atoms with Gasteiger partial charge in [0, 0.05) is 12.5 Å². The Hall–Kier alpha value is -2.88. The summed E-state index contributed by atoms with van der Waals surface area (Å²) in [5, 5.41) is 15.8. The molecular formula is C17H18N4O3. The number of carbonyl (C=O) groups is 1. The number of amides is 1. The molecule has 1 N–H and O–H groups in total. The first-order valence-corrected chi connectivity index (χ1v) is 7.76. The lowest BCUT2D eigenvalue weighted by Gasteiger charge is -2.22. The Labute approximate surface area is 139 Å². The summed E-state index contributed by atoms with van der Waals surface area (Å²) in [5.74, 6) is 1.50. The summed E-state index contributed by atoms with van der Waals surface area (Å²) in [7, 11) is 0. The summed E-state index contributed by atoms with van der Waals surface area (Å²) in [4.78, 5) is 16.1. The molecule has 1 aliphatic rings. The molecule has 1 heterocycles. The van der Waals surface area contributed by atoms with Crippen LogP contribution in [0.2, 0.25) is 0 Å². The molecular weight excluding hydrogens is 308 g/mol. The number of ether oxygens (including phenoxy) is 1. The molecule has 1 aromatic carbocycles. The van der Waals surface area contributed by atoms with Crippen LogP contribution in [0.25, 0.3) is 11.4 Å². The molecule has 3 rings (SSSR count). The molecule has 1 aromatic heterocycles. The standard InChI is InChI=1S/C17H18N4O3/c1-11-19-16(21-24-11)12-3-7-14(8-4-12)23-9-15(22)20-17(2,10-18)13-5-6-13/h3-4,7-8,13H,5-6,9H2,1-2H3,(H,20,22). The number of aromatic nitrogens is 2. The number of nitriles is 1. The molecule has 7 nitrogen and oxygen atoms in total. The normalized spacial score (nSPS) is 16.0. The van der Waals surface area contributed by atoms with Crippen LogP contribution < -0.4 is 10.1 Å². The van der Waals surface area contributed by atoms with E-state index in [1.54, 1.807) is 38.1 Å². The Morgan fingerprint density at radius 3 is 2.71 bits per heavy atom. The summed E-state index contributed by atoms with van der Waals surface area (Å²) >= 11 is 0. The Kier molecular flexibility index (Phi) is 4.21. The number of nitrogens with one attached hydrogen (secondary N) is 1. The van der Waals surface area contributed by atoms with E-state index in [4.69, 9.17) is 9.26 Å². The van der Waals surface area contributed by atoms with Gasteiger partial charge in [-0.1, -0.05) is 5.16 Å². The van der Waals surface area contributed by atoms with E-state index in [9.17, 15) is 10.1 Å². The van der Waals surface area contributed by atoms with Gasteiger partial charge in [-0.25, -0.2) is 0 Å². The van der Waals surface area contributed by atoms with Gasteiger partial charge in [0.15, 0.2) is 6.61 Å². The van der Waals surface area contributed by atoms with Crippen LogP contribution in [0, 0.1) is 24.2 Å². The van der Waals surface area contributed by atoms with Crippen molar-refractivity contribution in [1.82, 2.24) is 15.5 Å². The highest BCUT2D eigenvalue weighted by molar-refractivity contribution is 5.79. The van der Waals surface area contributed by atoms with Gasteiger partial charge in [-0.05, 0) is 49.9 Å². The number of hydrogen-bond acceptors (Lipinski definition) is 6. The molecule has 0 saturated heterocycles. The van der Waals surface area contributed by atoms with Crippen LogP contribution in [0.5, 0.6) is 5.75 Å². The summed E-state index contributed by atoms with van der Waals surface area (Å²) in [6.45, 7) is 3.35. The molecule has 0 aliphatic heterocycles. The molecule has 0 radical (unpaired) electrons. The van der Waals surface area contributed by atoms with Crippen molar-refractivity contribution in [3.63, 3.8) is 0 Å². The number of benzene rings is 1. The van der Waals surface area contributed by atoms with Crippen molar-refractivity contribution < 1.29 is 14.1 Å². The molecule has 1 atom stereocenters. The highest BCUT2D eigenvalue weighted by Crippen LogP contribution is 2.39. The Morgan fingerprint density at radius 2 is 2.17 bits per heavy atom. The molecule has 1 amide bonds. The molecule has 0 spiro atoms. The molecule has 1 fully saturated rings. The number of rotatable bonds is 6. The molecule has 1 unspecified atom stereocenters. The summed E-state index contributed by atoms with van der Waals surface area (Å²) in [6.07, 6.45) is 1.95. The number of nitrogens with zero attached hydrogens (tertiary/aromatic N) is 3. The van der Waals surface area contributed by atoms with E-state index >= 15 is 0 Å². The lowest BCUT2D eigenvalue weighted by Crippen LogP contribution is -2.48. The molecule has 1 aliphatic carbocycles. The number of hydrogen-bond donors (Lipinski definition) is 1. The van der Waals surface area contributed by atoms with Crippen molar-refractivity contribution in [3.05, 3.63) is 30.2 Å². The SMILES string of the molecule is Cc1nc(-c2ccc(OCC(=O)NC(C)(C#N)C3CC3)cc2)no1. The largest absolute Gasteiger partial charge is 0.484 e. The van der Waals surface area contributed by atoms with E-state index < -0.39 is 5.54 Å². The molecule has 24 heavy (non-hydrogen) atoms. The van der Waals surface area contributed by atoms with Gasteiger partial charge in [-0.2, -0.15) is 10.2 Å². The first-order chi connectivity index (χ1) is 11.5. The van der Waals surface area contributed by atoms with E-state index in [1.807, 2.05) is 0 Å². The molecule has 1 saturated carbocycles. The minimum atomic E-state index is -0.805. The van der Waals surface area contributed by atoms with Crippen molar-refractivity contribution in [1.29, 1.82) is 5.26 Å². The third kappa shape index (κ3) is 3.54. The van der Waals surface area contributed by atoms with Crippen molar-refractivity contribution in [2.75, 3.05) is 6.61 Å². The van der Waals surface area contributed by atoms with Crippen molar-refractivity contribution in [3.8, 4) is 23.2 Å². The fourth-order valence-electron chi connectivity index (χ4n) is 2.47. The average molecular weight is 326 g/mol. The Balaban J connectivity index is 1.55. The monoisotopic (exact) mass is 326 g/mol. The zero-order valence-electron chi connectivity index (χ0n) is 13.6. The maximum absolute atomic E-state index is 12.0. The lowest BCUT2D eigenvalue weighted by molar-refractivity contribution is -0.124. The van der Waals surface area contributed by atoms with Crippen LogP contribution in [-0.4, -0.2) is 28.2 Å². The Bertz CT molecular complexity index is 774. The average Bonchev–Trinajstić information content (AvgIpc) is 3.36. The van der Waals surface area contributed by atoms with E-state index in [1.165, 1.54) is 0 Å². The Morgan fingerprint density at radius 1 is 1.46 bits per heavy atom. The van der Waals surface area contributed by atoms with Gasteiger partial charge in [0.1, 0.15) is 11.3 Å². The first kappa shape index (κ1) is 16.0. The third-order valence-electron chi connectivity index (χ3n) is 4.04. The van der Waals surface area contributed by atoms with E-state index in [2.05, 4.69) is 21.5 Å². The van der Waals surface area contributed by atoms with Gasteiger partial charge in [0.05, 0.1) is 6.07 Å². The second-order valence-corrected chi connectivity index (χ2v) is 6.09. The fourth-order valence-corrected chi connectivity index (χ4v) is 2.47. The zero-order chi connectivity index (χ0) is 17.2. The van der Waals surface area contributed by atoms with Crippen LogP contribution in [0.3, 0.4) is 0 Å². The zero-order valence-corrected chi connectivity index (χ0v) is 13.6. The predicted molar refractivity (Wildman–Crippen MR) is 84.9 cm³/mol. The number of aryl methyl sites for hydroxylation is 1. The highest BCUT2D eigenvalue weighted by Gasteiger charge is 2.43. The topological polar surface area (TPSA) is 101 Å². The smallest absolute Gasteiger partial charge is 0.259 e. The summed E-state index contributed by atoms with van der Waals surface area (Å²) in [5.41, 5.74) is -0.00437. The van der Waals surface area contributed by atoms with Gasteiger partial charge < -0.3 is 14.6 Å². The van der Waals surface area contributed by atoms with E-state index in [0.29, 0.717) is 17.5 Å². The van der Waals surface area contributed by atoms with Crippen molar-refractivity contribution >= 4 is 5.91 Å². The van der Waals surface area contributed by atoms with E-state index in [0.717, 1.165) is 18.4 Å². The van der Waals surface area contributed by atoms with E-state index in [-0.39, 0.29) is 18.4 Å². The maximum atomic E-state index is 12.0. The fraction of sp³-hybridized carbons (Fsp3) is 0.412. The lowest BCUT2D eigenvalue weighted by atomic mass is 9.98. The third-order valence-corrected chi connectivity index (χ3v) is 4.04. The van der Waals surface area contributed by atoms with Gasteiger partial charge in [-0.15, -0.1) is 0 Å². The second kappa shape index (κ2) is 6.32. The maximum Gasteiger partial charge on any atom is 0.259 e. The van der Waals surface area contributed by atoms with Crippen LogP contribution >= 0.6 is 0 Å². The summed E-state index contributed by atoms with van der Waals surface area (Å²) < 4.78 is 10.4. The van der Waals surface area contributed by atoms with Gasteiger partial charge in [0.25, 0.3) is 5.91 Å². The second-order valence-electron chi connectivity index (χ2n) is 6.09. The molecule has 7 heteroatoms. The van der Waals surface area contributed by atoms with Crippen LogP contribution in [0.4, 0.5) is 0 Å². The van der Waals surface area contributed by atoms with Crippen LogP contribution in [-0.2, 0) is 4.79 Å². The first-order valence-electron chi connectivity index (χ1n) is 7.76. The minimum Gasteiger partial charge on any atom is -0.484 e. The van der Waals surface area contributed by atoms with Gasteiger partial charge >= 0.3 is 0 Å². The minimum absolute atomic E-state index is 0.134. The number of carbonyl (C=O) groups excluding carboxylic acids is 1. The molecule has 124 valence electrons. The quantitative estimate of drug-likeness (QED) is 0.873. The van der Waals surface area contributed by atoms with Crippen LogP contribution in [0.15, 0.2) is 28.8 Å². The van der Waals surface area contributed by atoms with Gasteiger partial charge in [-0.3, -0.25) is 4.79 Å². The van der Waals surface area contributed by atoms with Crippen LogP contribution in [0.1, 0.15) is 25.7 Å². The molecule has 0 bridgehead atoms. The molecule has 2 aromatic rings. The highest BCUT2D eigenvalue weighted by atomic mass is 16.5. The van der Waals surface area contributed by atoms with Gasteiger partial charge in [0.2, 0.25) is 11.7 Å².